The van der Waals surface area contributed by atoms with Crippen LogP contribution in [0, 0.1) is 6.92 Å². The highest BCUT2D eigenvalue weighted by molar-refractivity contribution is 5.78. The molecule has 0 saturated carbocycles. The van der Waals surface area contributed by atoms with Crippen LogP contribution in [0.5, 0.6) is 11.5 Å². The van der Waals surface area contributed by atoms with E-state index < -0.39 is 0 Å². The summed E-state index contributed by atoms with van der Waals surface area (Å²) in [5.74, 6) is 1.08. The van der Waals surface area contributed by atoms with Crippen LogP contribution in [0.25, 0.3) is 0 Å². The Balaban J connectivity index is 1.90. The van der Waals surface area contributed by atoms with Gasteiger partial charge in [-0.05, 0) is 30.2 Å². The molecule has 2 aromatic rings. The number of rotatable bonds is 9. The number of carbonyl (C=O) groups excluding carboxylic acids is 2. The molecule has 0 aliphatic rings. The number of benzene rings is 2. The zero-order valence-electron chi connectivity index (χ0n) is 17.0. The van der Waals surface area contributed by atoms with E-state index in [1.54, 1.807) is 25.2 Å². The summed E-state index contributed by atoms with van der Waals surface area (Å²) in [4.78, 5) is 25.8. The first-order valence-electron chi connectivity index (χ1n) is 9.21. The first-order chi connectivity index (χ1) is 13.4. The molecule has 1 N–H and O–H groups in total. The average Bonchev–Trinajstić information content (AvgIpc) is 2.69. The van der Waals surface area contributed by atoms with Gasteiger partial charge in [0, 0.05) is 33.0 Å². The van der Waals surface area contributed by atoms with Crippen molar-refractivity contribution in [3.63, 3.8) is 0 Å². The maximum absolute atomic E-state index is 12.2. The van der Waals surface area contributed by atoms with E-state index in [2.05, 4.69) is 5.32 Å². The minimum Gasteiger partial charge on any atom is -0.493 e. The van der Waals surface area contributed by atoms with E-state index >= 15 is 0 Å². The Morgan fingerprint density at radius 3 is 2.39 bits per heavy atom. The second-order valence-corrected chi connectivity index (χ2v) is 6.65. The van der Waals surface area contributed by atoms with Crippen molar-refractivity contribution in [2.75, 3.05) is 20.8 Å². The van der Waals surface area contributed by atoms with Crippen molar-refractivity contribution in [1.29, 1.82) is 0 Å². The number of nitrogens with zero attached hydrogens (tertiary/aromatic N) is 1. The Hall–Kier alpha value is -3.02. The topological polar surface area (TPSA) is 67.9 Å². The molecule has 0 saturated heterocycles. The number of carbonyl (C=O) groups is 2. The summed E-state index contributed by atoms with van der Waals surface area (Å²) in [6.45, 7) is 4.76. The third-order valence-corrected chi connectivity index (χ3v) is 4.45. The second-order valence-electron chi connectivity index (χ2n) is 6.65. The normalized spacial score (nSPS) is 10.3. The molecule has 0 unspecified atom stereocenters. The maximum atomic E-state index is 12.2. The smallest absolute Gasteiger partial charge is 0.222 e. The molecule has 2 amide bonds. The molecule has 2 rings (SSSR count). The molecular weight excluding hydrogens is 356 g/mol. The second kappa shape index (κ2) is 10.3. The van der Waals surface area contributed by atoms with Crippen LogP contribution < -0.4 is 14.8 Å². The Morgan fingerprint density at radius 2 is 1.75 bits per heavy atom. The molecule has 0 aliphatic carbocycles. The molecule has 0 radical (unpaired) electrons. The van der Waals surface area contributed by atoms with Crippen LogP contribution >= 0.6 is 0 Å². The molecule has 0 heterocycles. The van der Waals surface area contributed by atoms with Gasteiger partial charge in [0.05, 0.1) is 14.2 Å². The zero-order chi connectivity index (χ0) is 20.5. The van der Waals surface area contributed by atoms with Gasteiger partial charge >= 0.3 is 0 Å². The van der Waals surface area contributed by atoms with Gasteiger partial charge in [-0.15, -0.1) is 0 Å². The lowest BCUT2D eigenvalue weighted by molar-refractivity contribution is -0.130. The van der Waals surface area contributed by atoms with Crippen molar-refractivity contribution >= 4 is 11.8 Å². The van der Waals surface area contributed by atoms with Gasteiger partial charge in [0.15, 0.2) is 11.5 Å². The minimum atomic E-state index is -0.0833. The highest BCUT2D eigenvalue weighted by atomic mass is 16.5. The molecule has 28 heavy (non-hydrogen) atoms. The highest BCUT2D eigenvalue weighted by Crippen LogP contribution is 2.28. The quantitative estimate of drug-likeness (QED) is 0.721. The van der Waals surface area contributed by atoms with E-state index in [-0.39, 0.29) is 18.2 Å². The van der Waals surface area contributed by atoms with E-state index in [1.165, 1.54) is 6.92 Å². The molecular formula is C22H28N2O4. The number of nitrogens with one attached hydrogen (secondary N) is 1. The highest BCUT2D eigenvalue weighted by Gasteiger charge is 2.13. The Kier molecular flexibility index (Phi) is 7.87. The van der Waals surface area contributed by atoms with E-state index in [9.17, 15) is 9.59 Å². The molecule has 0 aromatic heterocycles. The molecule has 0 fully saturated rings. The van der Waals surface area contributed by atoms with Gasteiger partial charge < -0.3 is 19.7 Å². The molecule has 6 heteroatoms. The van der Waals surface area contributed by atoms with Crippen LogP contribution in [0.2, 0.25) is 0 Å². The minimum absolute atomic E-state index is 0.0822. The third kappa shape index (κ3) is 6.30. The van der Waals surface area contributed by atoms with Crippen molar-refractivity contribution in [3.8, 4) is 11.5 Å². The van der Waals surface area contributed by atoms with Crippen LogP contribution in [0.15, 0.2) is 42.5 Å². The molecule has 0 atom stereocenters. The van der Waals surface area contributed by atoms with Crippen molar-refractivity contribution in [2.24, 2.45) is 0 Å². The van der Waals surface area contributed by atoms with Gasteiger partial charge in [0.25, 0.3) is 0 Å². The van der Waals surface area contributed by atoms with E-state index in [0.29, 0.717) is 31.1 Å². The summed E-state index contributed by atoms with van der Waals surface area (Å²) < 4.78 is 10.5. The van der Waals surface area contributed by atoms with Gasteiger partial charge in [-0.3, -0.25) is 9.59 Å². The predicted molar refractivity (Wildman–Crippen MR) is 108 cm³/mol. The van der Waals surface area contributed by atoms with Crippen molar-refractivity contribution in [2.45, 2.75) is 33.4 Å². The summed E-state index contributed by atoms with van der Waals surface area (Å²) in [5.41, 5.74) is 3.12. The Bertz CT molecular complexity index is 820. The van der Waals surface area contributed by atoms with E-state index in [1.807, 2.05) is 43.3 Å². The number of methoxy groups -OCH3 is 2. The van der Waals surface area contributed by atoms with Crippen LogP contribution in [-0.4, -0.2) is 37.5 Å². The summed E-state index contributed by atoms with van der Waals surface area (Å²) in [6, 6.07) is 13.5. The average molecular weight is 384 g/mol. The number of hydrogen-bond donors (Lipinski definition) is 1. The van der Waals surface area contributed by atoms with Crippen LogP contribution in [0.3, 0.4) is 0 Å². The van der Waals surface area contributed by atoms with Gasteiger partial charge in [-0.2, -0.15) is 0 Å². The van der Waals surface area contributed by atoms with Crippen LogP contribution in [-0.2, 0) is 22.7 Å². The van der Waals surface area contributed by atoms with Gasteiger partial charge in [-0.1, -0.05) is 35.9 Å². The van der Waals surface area contributed by atoms with Crippen molar-refractivity contribution in [3.05, 3.63) is 59.2 Å². The fourth-order valence-corrected chi connectivity index (χ4v) is 2.89. The maximum Gasteiger partial charge on any atom is 0.222 e. The number of amides is 2. The summed E-state index contributed by atoms with van der Waals surface area (Å²) in [7, 11) is 3.15. The third-order valence-electron chi connectivity index (χ3n) is 4.45. The number of hydrogen-bond acceptors (Lipinski definition) is 4. The van der Waals surface area contributed by atoms with Crippen LogP contribution in [0.1, 0.15) is 30.0 Å². The fraction of sp³-hybridized carbons (Fsp3) is 0.364. The molecule has 150 valence electrons. The number of ether oxygens (including phenoxy) is 2. The largest absolute Gasteiger partial charge is 0.493 e. The Labute approximate surface area is 166 Å². The van der Waals surface area contributed by atoms with E-state index in [0.717, 1.165) is 16.7 Å². The zero-order valence-corrected chi connectivity index (χ0v) is 17.0. The Morgan fingerprint density at radius 1 is 1.00 bits per heavy atom. The summed E-state index contributed by atoms with van der Waals surface area (Å²) in [6.07, 6.45) is 0.249. The van der Waals surface area contributed by atoms with Gasteiger partial charge in [0.2, 0.25) is 11.8 Å². The molecule has 0 aliphatic heterocycles. The van der Waals surface area contributed by atoms with Gasteiger partial charge in [-0.25, -0.2) is 0 Å². The molecule has 0 spiro atoms. The number of aryl methyl sites for hydroxylation is 1. The molecule has 2 aromatic carbocycles. The summed E-state index contributed by atoms with van der Waals surface area (Å²) in [5, 5.41) is 2.90. The van der Waals surface area contributed by atoms with Crippen LogP contribution in [0.4, 0.5) is 0 Å². The van der Waals surface area contributed by atoms with Gasteiger partial charge in [0.1, 0.15) is 0 Å². The first kappa shape index (κ1) is 21.3. The lowest BCUT2D eigenvalue weighted by Gasteiger charge is -2.21. The first-order valence-corrected chi connectivity index (χ1v) is 9.21. The summed E-state index contributed by atoms with van der Waals surface area (Å²) >= 11 is 0. The molecule has 6 nitrogen and oxygen atoms in total. The van der Waals surface area contributed by atoms with Crippen molar-refractivity contribution < 1.29 is 19.1 Å². The molecule has 0 bridgehead atoms. The lowest BCUT2D eigenvalue weighted by atomic mass is 10.1. The fourth-order valence-electron chi connectivity index (χ4n) is 2.89. The predicted octanol–water partition coefficient (Wildman–Crippen LogP) is 3.07. The standard InChI is InChI=1S/C22H28N2O4/c1-16-6-5-7-18(12-16)14-23-22(26)10-11-24(17(2)25)15-19-8-9-20(27-3)21(13-19)28-4/h5-9,12-13H,10-11,14-15H2,1-4H3,(H,23,26). The lowest BCUT2D eigenvalue weighted by Crippen LogP contribution is -2.33. The van der Waals surface area contributed by atoms with E-state index in [4.69, 9.17) is 9.47 Å². The SMILES string of the molecule is COc1ccc(CN(CCC(=O)NCc2cccc(C)c2)C(C)=O)cc1OC. The monoisotopic (exact) mass is 384 g/mol. The van der Waals surface area contributed by atoms with Crippen molar-refractivity contribution in [1.82, 2.24) is 10.2 Å².